The van der Waals surface area contributed by atoms with Crippen molar-refractivity contribution < 1.29 is 4.79 Å². The summed E-state index contributed by atoms with van der Waals surface area (Å²) in [7, 11) is 0. The Morgan fingerprint density at radius 2 is 1.71 bits per heavy atom. The van der Waals surface area contributed by atoms with Gasteiger partial charge < -0.3 is 5.32 Å². The van der Waals surface area contributed by atoms with E-state index in [2.05, 4.69) is 36.2 Å². The first-order chi connectivity index (χ1) is 11.4. The third kappa shape index (κ3) is 6.16. The number of anilines is 1. The average molecular weight is 365 g/mol. The monoisotopic (exact) mass is 364 g/mol. The van der Waals surface area contributed by atoms with Crippen molar-refractivity contribution >= 4 is 34.8 Å². The summed E-state index contributed by atoms with van der Waals surface area (Å²) in [6.45, 7) is 5.79. The van der Waals surface area contributed by atoms with Crippen molar-refractivity contribution in [3.05, 3.63) is 64.1 Å². The standard InChI is InChI=1S/C19H22Cl2N2O/c1-14(2)23(13-15-6-4-3-5-7-15)9-8-19(24)22-18-11-16(20)10-17(21)12-18/h3-7,10-12,14H,8-9,13H2,1-2H3,(H,22,24). The molecule has 0 saturated carbocycles. The Morgan fingerprint density at radius 3 is 2.29 bits per heavy atom. The lowest BCUT2D eigenvalue weighted by molar-refractivity contribution is -0.116. The Labute approximate surface area is 153 Å². The first-order valence-corrected chi connectivity index (χ1v) is 8.73. The molecule has 1 amide bonds. The minimum absolute atomic E-state index is 0.0490. The average Bonchev–Trinajstić information content (AvgIpc) is 2.51. The van der Waals surface area contributed by atoms with Crippen molar-refractivity contribution in [1.29, 1.82) is 0 Å². The van der Waals surface area contributed by atoms with E-state index in [1.165, 1.54) is 5.56 Å². The molecular formula is C19H22Cl2N2O. The summed E-state index contributed by atoms with van der Waals surface area (Å²) < 4.78 is 0. The lowest BCUT2D eigenvalue weighted by Gasteiger charge is -2.26. The van der Waals surface area contributed by atoms with Crippen molar-refractivity contribution in [3.63, 3.8) is 0 Å². The first-order valence-electron chi connectivity index (χ1n) is 7.98. The summed E-state index contributed by atoms with van der Waals surface area (Å²) in [6.07, 6.45) is 0.412. The van der Waals surface area contributed by atoms with Crippen LogP contribution in [0.1, 0.15) is 25.8 Å². The molecule has 0 aromatic heterocycles. The molecule has 2 aromatic carbocycles. The van der Waals surface area contributed by atoms with Gasteiger partial charge in [0.1, 0.15) is 0 Å². The van der Waals surface area contributed by atoms with Gasteiger partial charge in [-0.1, -0.05) is 53.5 Å². The van der Waals surface area contributed by atoms with Crippen LogP contribution in [0.15, 0.2) is 48.5 Å². The molecule has 0 fully saturated rings. The second-order valence-electron chi connectivity index (χ2n) is 6.01. The molecule has 3 nitrogen and oxygen atoms in total. The molecule has 2 rings (SSSR count). The van der Waals surface area contributed by atoms with Gasteiger partial charge in [0.2, 0.25) is 5.91 Å². The summed E-state index contributed by atoms with van der Waals surface area (Å²) in [6, 6.07) is 15.6. The fraction of sp³-hybridized carbons (Fsp3) is 0.316. The summed E-state index contributed by atoms with van der Waals surface area (Å²) in [4.78, 5) is 14.5. The molecule has 2 aromatic rings. The Bertz CT molecular complexity index is 654. The van der Waals surface area contributed by atoms with Crippen LogP contribution in [-0.2, 0) is 11.3 Å². The number of halogens is 2. The molecular weight excluding hydrogens is 343 g/mol. The van der Waals surface area contributed by atoms with Gasteiger partial charge in [-0.3, -0.25) is 9.69 Å². The molecule has 128 valence electrons. The van der Waals surface area contributed by atoms with Crippen molar-refractivity contribution in [2.45, 2.75) is 32.9 Å². The van der Waals surface area contributed by atoms with E-state index in [4.69, 9.17) is 23.2 Å². The molecule has 0 spiro atoms. The maximum Gasteiger partial charge on any atom is 0.225 e. The van der Waals surface area contributed by atoms with Gasteiger partial charge in [0.15, 0.2) is 0 Å². The van der Waals surface area contributed by atoms with Crippen LogP contribution in [0.4, 0.5) is 5.69 Å². The van der Waals surface area contributed by atoms with E-state index in [0.29, 0.717) is 34.7 Å². The van der Waals surface area contributed by atoms with Crippen molar-refractivity contribution in [1.82, 2.24) is 4.90 Å². The molecule has 0 aliphatic carbocycles. The molecule has 0 aliphatic heterocycles. The molecule has 5 heteroatoms. The number of nitrogens with zero attached hydrogens (tertiary/aromatic N) is 1. The van der Waals surface area contributed by atoms with E-state index in [9.17, 15) is 4.79 Å². The summed E-state index contributed by atoms with van der Waals surface area (Å²) >= 11 is 11.9. The van der Waals surface area contributed by atoms with E-state index in [1.54, 1.807) is 18.2 Å². The van der Waals surface area contributed by atoms with E-state index < -0.39 is 0 Å². The zero-order valence-electron chi connectivity index (χ0n) is 13.9. The number of hydrogen-bond donors (Lipinski definition) is 1. The highest BCUT2D eigenvalue weighted by molar-refractivity contribution is 6.35. The Morgan fingerprint density at radius 1 is 1.08 bits per heavy atom. The summed E-state index contributed by atoms with van der Waals surface area (Å²) in [5.41, 5.74) is 1.87. The number of rotatable bonds is 7. The number of carbonyl (C=O) groups is 1. The van der Waals surface area contributed by atoms with Gasteiger partial charge in [-0.25, -0.2) is 0 Å². The van der Waals surface area contributed by atoms with Gasteiger partial charge in [0.05, 0.1) is 0 Å². The SMILES string of the molecule is CC(C)N(CCC(=O)Nc1cc(Cl)cc(Cl)c1)Cc1ccccc1. The molecule has 0 aliphatic rings. The fourth-order valence-electron chi connectivity index (χ4n) is 2.43. The fourth-order valence-corrected chi connectivity index (χ4v) is 2.96. The zero-order valence-corrected chi connectivity index (χ0v) is 15.4. The Balaban J connectivity index is 1.90. The van der Waals surface area contributed by atoms with Crippen LogP contribution in [0.3, 0.4) is 0 Å². The quantitative estimate of drug-likeness (QED) is 0.728. The minimum atomic E-state index is -0.0490. The molecule has 24 heavy (non-hydrogen) atoms. The second-order valence-corrected chi connectivity index (χ2v) is 6.88. The second kappa shape index (κ2) is 9.07. The number of nitrogens with one attached hydrogen (secondary N) is 1. The van der Waals surface area contributed by atoms with Crippen molar-refractivity contribution in [3.8, 4) is 0 Å². The molecule has 0 atom stereocenters. The molecule has 0 heterocycles. The molecule has 0 unspecified atom stereocenters. The predicted molar refractivity (Wildman–Crippen MR) is 102 cm³/mol. The van der Waals surface area contributed by atoms with Gasteiger partial charge in [0.25, 0.3) is 0 Å². The lowest BCUT2D eigenvalue weighted by Crippen LogP contribution is -2.33. The van der Waals surface area contributed by atoms with Crippen LogP contribution in [-0.4, -0.2) is 23.4 Å². The van der Waals surface area contributed by atoms with Crippen molar-refractivity contribution in [2.24, 2.45) is 0 Å². The third-order valence-corrected chi connectivity index (χ3v) is 4.17. The maximum atomic E-state index is 12.2. The summed E-state index contributed by atoms with van der Waals surface area (Å²) in [5, 5.41) is 3.86. The maximum absolute atomic E-state index is 12.2. The van der Waals surface area contributed by atoms with Crippen LogP contribution >= 0.6 is 23.2 Å². The largest absolute Gasteiger partial charge is 0.326 e. The minimum Gasteiger partial charge on any atom is -0.326 e. The predicted octanol–water partition coefficient (Wildman–Crippen LogP) is 5.23. The van der Waals surface area contributed by atoms with Gasteiger partial charge in [0, 0.05) is 41.3 Å². The Hall–Kier alpha value is -1.55. The van der Waals surface area contributed by atoms with Gasteiger partial charge in [-0.15, -0.1) is 0 Å². The highest BCUT2D eigenvalue weighted by Gasteiger charge is 2.13. The normalized spacial score (nSPS) is 11.1. The van der Waals surface area contributed by atoms with E-state index in [0.717, 1.165) is 6.54 Å². The smallest absolute Gasteiger partial charge is 0.225 e. The van der Waals surface area contributed by atoms with Crippen LogP contribution < -0.4 is 5.32 Å². The van der Waals surface area contributed by atoms with Gasteiger partial charge in [-0.05, 0) is 37.6 Å². The molecule has 0 radical (unpaired) electrons. The summed E-state index contributed by atoms with van der Waals surface area (Å²) in [5.74, 6) is -0.0490. The highest BCUT2D eigenvalue weighted by atomic mass is 35.5. The van der Waals surface area contributed by atoms with Gasteiger partial charge in [-0.2, -0.15) is 0 Å². The number of carbonyl (C=O) groups excluding carboxylic acids is 1. The number of hydrogen-bond acceptors (Lipinski definition) is 2. The van der Waals surface area contributed by atoms with Crippen LogP contribution in [0.2, 0.25) is 10.0 Å². The van der Waals surface area contributed by atoms with Crippen molar-refractivity contribution in [2.75, 3.05) is 11.9 Å². The number of amides is 1. The molecule has 0 saturated heterocycles. The van der Waals surface area contributed by atoms with Crippen LogP contribution in [0.25, 0.3) is 0 Å². The highest BCUT2D eigenvalue weighted by Crippen LogP contribution is 2.22. The lowest BCUT2D eigenvalue weighted by atomic mass is 10.2. The van der Waals surface area contributed by atoms with E-state index in [1.807, 2.05) is 18.2 Å². The first kappa shape index (κ1) is 18.8. The van der Waals surface area contributed by atoms with Gasteiger partial charge >= 0.3 is 0 Å². The van der Waals surface area contributed by atoms with Crippen LogP contribution in [0, 0.1) is 0 Å². The zero-order chi connectivity index (χ0) is 17.5. The van der Waals surface area contributed by atoms with E-state index >= 15 is 0 Å². The Kier molecular flexibility index (Phi) is 7.10. The van der Waals surface area contributed by atoms with Crippen LogP contribution in [0.5, 0.6) is 0 Å². The van der Waals surface area contributed by atoms with E-state index in [-0.39, 0.29) is 5.91 Å². The molecule has 1 N–H and O–H groups in total. The number of benzene rings is 2. The molecule has 0 bridgehead atoms. The third-order valence-electron chi connectivity index (χ3n) is 3.73. The topological polar surface area (TPSA) is 32.3 Å².